The van der Waals surface area contributed by atoms with Crippen LogP contribution in [0.15, 0.2) is 28.7 Å². The van der Waals surface area contributed by atoms with Crippen molar-refractivity contribution in [3.8, 4) is 0 Å². The first-order chi connectivity index (χ1) is 9.94. The molecule has 1 N–H and O–H groups in total. The highest BCUT2D eigenvalue weighted by Crippen LogP contribution is 2.29. The summed E-state index contributed by atoms with van der Waals surface area (Å²) in [6, 6.07) is 8.50. The Bertz CT molecular complexity index is 437. The van der Waals surface area contributed by atoms with Crippen LogP contribution in [0, 0.1) is 11.8 Å². The Balaban J connectivity index is 1.87. The Morgan fingerprint density at radius 3 is 2.62 bits per heavy atom. The minimum absolute atomic E-state index is 0.155. The second-order valence-corrected chi connectivity index (χ2v) is 8.13. The van der Waals surface area contributed by atoms with Crippen LogP contribution < -0.4 is 5.32 Å². The number of ether oxygens (including phenoxy) is 1. The molecule has 3 heteroatoms. The van der Waals surface area contributed by atoms with E-state index in [0.29, 0.717) is 5.92 Å². The van der Waals surface area contributed by atoms with E-state index in [9.17, 15) is 0 Å². The zero-order valence-corrected chi connectivity index (χ0v) is 15.1. The lowest BCUT2D eigenvalue weighted by atomic mass is 9.98. The average molecular weight is 354 g/mol. The van der Waals surface area contributed by atoms with Gasteiger partial charge in [0, 0.05) is 23.2 Å². The predicted molar refractivity (Wildman–Crippen MR) is 92.6 cm³/mol. The Morgan fingerprint density at radius 2 is 2.00 bits per heavy atom. The van der Waals surface area contributed by atoms with Gasteiger partial charge in [-0.2, -0.15) is 0 Å². The molecule has 0 heterocycles. The maximum Gasteiger partial charge on any atom is 0.0509 e. The molecule has 1 aliphatic carbocycles. The number of halogens is 1. The van der Waals surface area contributed by atoms with Crippen LogP contribution in [0.1, 0.15) is 39.2 Å². The van der Waals surface area contributed by atoms with Crippen molar-refractivity contribution in [2.24, 2.45) is 11.8 Å². The summed E-state index contributed by atoms with van der Waals surface area (Å²) < 4.78 is 7.14. The summed E-state index contributed by atoms with van der Waals surface area (Å²) >= 11 is 3.66. The Kier molecular flexibility index (Phi) is 6.27. The van der Waals surface area contributed by atoms with Gasteiger partial charge in [0.25, 0.3) is 0 Å². The number of nitrogens with one attached hydrogen (secondary N) is 1. The summed E-state index contributed by atoms with van der Waals surface area (Å²) in [6.45, 7) is 9.44. The molecule has 118 valence electrons. The van der Waals surface area contributed by atoms with Crippen LogP contribution in [-0.4, -0.2) is 25.3 Å². The highest BCUT2D eigenvalue weighted by Gasteiger charge is 2.22. The smallest absolute Gasteiger partial charge is 0.0509 e. The molecule has 1 aromatic rings. The van der Waals surface area contributed by atoms with Gasteiger partial charge in [0.2, 0.25) is 0 Å². The van der Waals surface area contributed by atoms with E-state index in [1.54, 1.807) is 0 Å². The molecule has 1 unspecified atom stereocenters. The fraction of sp³-hybridized carbons (Fsp3) is 0.667. The van der Waals surface area contributed by atoms with E-state index in [4.69, 9.17) is 4.74 Å². The van der Waals surface area contributed by atoms with Crippen LogP contribution >= 0.6 is 15.9 Å². The van der Waals surface area contributed by atoms with E-state index in [2.05, 4.69) is 66.3 Å². The third-order valence-corrected chi connectivity index (χ3v) is 4.57. The van der Waals surface area contributed by atoms with Gasteiger partial charge in [0.15, 0.2) is 0 Å². The third-order valence-electron chi connectivity index (χ3n) is 3.79. The molecule has 1 fully saturated rings. The minimum atomic E-state index is 0.155. The van der Waals surface area contributed by atoms with Gasteiger partial charge in [-0.05, 0) is 63.5 Å². The van der Waals surface area contributed by atoms with E-state index in [1.165, 1.54) is 22.9 Å². The summed E-state index contributed by atoms with van der Waals surface area (Å²) in [4.78, 5) is 0. The fourth-order valence-electron chi connectivity index (χ4n) is 2.30. The molecule has 1 aromatic carbocycles. The standard InChI is InChI=1S/C18H28BrNO/c1-18(2,3)20-11-15(13-21-12-14-8-9-14)10-16-6-4-5-7-17(16)19/h4-7,14-15,20H,8-13H2,1-3H3. The Morgan fingerprint density at radius 1 is 1.29 bits per heavy atom. The molecule has 2 nitrogen and oxygen atoms in total. The van der Waals surface area contributed by atoms with Crippen molar-refractivity contribution in [2.45, 2.75) is 45.6 Å². The maximum atomic E-state index is 5.94. The topological polar surface area (TPSA) is 21.3 Å². The molecule has 0 spiro atoms. The number of rotatable bonds is 8. The second-order valence-electron chi connectivity index (χ2n) is 7.27. The third kappa shape index (κ3) is 6.94. The van der Waals surface area contributed by atoms with Crippen molar-refractivity contribution in [2.75, 3.05) is 19.8 Å². The molecule has 0 bridgehead atoms. The largest absolute Gasteiger partial charge is 0.381 e. The fourth-order valence-corrected chi connectivity index (χ4v) is 2.75. The SMILES string of the molecule is CC(C)(C)NCC(COCC1CC1)Cc1ccccc1Br. The Hall–Kier alpha value is -0.380. The van der Waals surface area contributed by atoms with Crippen LogP contribution in [-0.2, 0) is 11.2 Å². The molecular weight excluding hydrogens is 326 g/mol. The van der Waals surface area contributed by atoms with Gasteiger partial charge in [0.1, 0.15) is 0 Å². The van der Waals surface area contributed by atoms with E-state index >= 15 is 0 Å². The van der Waals surface area contributed by atoms with Crippen molar-refractivity contribution in [3.05, 3.63) is 34.3 Å². The van der Waals surface area contributed by atoms with Crippen molar-refractivity contribution >= 4 is 15.9 Å². The molecule has 1 aliphatic rings. The lowest BCUT2D eigenvalue weighted by molar-refractivity contribution is 0.0884. The van der Waals surface area contributed by atoms with Gasteiger partial charge >= 0.3 is 0 Å². The van der Waals surface area contributed by atoms with Crippen molar-refractivity contribution in [3.63, 3.8) is 0 Å². The van der Waals surface area contributed by atoms with E-state index in [1.807, 2.05) is 0 Å². The summed E-state index contributed by atoms with van der Waals surface area (Å²) in [5.41, 5.74) is 1.52. The molecular formula is C18H28BrNO. The van der Waals surface area contributed by atoms with Crippen LogP contribution in [0.5, 0.6) is 0 Å². The zero-order chi connectivity index (χ0) is 15.3. The summed E-state index contributed by atoms with van der Waals surface area (Å²) in [6.07, 6.45) is 3.76. The molecule has 0 aromatic heterocycles. The van der Waals surface area contributed by atoms with Crippen molar-refractivity contribution in [1.82, 2.24) is 5.32 Å². The zero-order valence-electron chi connectivity index (χ0n) is 13.5. The molecule has 1 atom stereocenters. The van der Waals surface area contributed by atoms with E-state index in [0.717, 1.165) is 32.1 Å². The summed E-state index contributed by atoms with van der Waals surface area (Å²) in [7, 11) is 0. The normalized spacial score (nSPS) is 17.0. The van der Waals surface area contributed by atoms with Crippen LogP contribution in [0.2, 0.25) is 0 Å². The molecule has 0 saturated heterocycles. The molecule has 21 heavy (non-hydrogen) atoms. The van der Waals surface area contributed by atoms with Gasteiger partial charge < -0.3 is 10.1 Å². The number of hydrogen-bond acceptors (Lipinski definition) is 2. The Labute approximate surface area is 137 Å². The van der Waals surface area contributed by atoms with Crippen LogP contribution in [0.3, 0.4) is 0 Å². The van der Waals surface area contributed by atoms with Crippen molar-refractivity contribution in [1.29, 1.82) is 0 Å². The van der Waals surface area contributed by atoms with Gasteiger partial charge in [-0.15, -0.1) is 0 Å². The highest BCUT2D eigenvalue weighted by molar-refractivity contribution is 9.10. The summed E-state index contributed by atoms with van der Waals surface area (Å²) in [5, 5.41) is 3.62. The lowest BCUT2D eigenvalue weighted by Crippen LogP contribution is -2.40. The number of hydrogen-bond donors (Lipinski definition) is 1. The monoisotopic (exact) mass is 353 g/mol. The van der Waals surface area contributed by atoms with E-state index in [-0.39, 0.29) is 5.54 Å². The lowest BCUT2D eigenvalue weighted by Gasteiger charge is -2.25. The van der Waals surface area contributed by atoms with Crippen LogP contribution in [0.25, 0.3) is 0 Å². The highest BCUT2D eigenvalue weighted by atomic mass is 79.9. The molecule has 0 aliphatic heterocycles. The first-order valence-electron chi connectivity index (χ1n) is 8.00. The second kappa shape index (κ2) is 7.75. The van der Waals surface area contributed by atoms with Gasteiger partial charge in [-0.25, -0.2) is 0 Å². The van der Waals surface area contributed by atoms with Gasteiger partial charge in [0.05, 0.1) is 6.61 Å². The summed E-state index contributed by atoms with van der Waals surface area (Å²) in [5.74, 6) is 1.35. The van der Waals surface area contributed by atoms with Crippen LogP contribution in [0.4, 0.5) is 0 Å². The van der Waals surface area contributed by atoms with Gasteiger partial charge in [-0.1, -0.05) is 34.1 Å². The van der Waals surface area contributed by atoms with Gasteiger partial charge in [-0.3, -0.25) is 0 Å². The van der Waals surface area contributed by atoms with E-state index < -0.39 is 0 Å². The quantitative estimate of drug-likeness (QED) is 0.746. The first kappa shape index (κ1) is 17.0. The number of benzene rings is 1. The first-order valence-corrected chi connectivity index (χ1v) is 8.79. The molecule has 2 rings (SSSR count). The van der Waals surface area contributed by atoms with Crippen molar-refractivity contribution < 1.29 is 4.74 Å². The minimum Gasteiger partial charge on any atom is -0.381 e. The molecule has 0 amide bonds. The predicted octanol–water partition coefficient (Wildman–Crippen LogP) is 4.42. The molecule has 1 saturated carbocycles. The average Bonchev–Trinajstić information content (AvgIpc) is 3.21. The maximum absolute atomic E-state index is 5.94. The molecule has 0 radical (unpaired) electrons.